The van der Waals surface area contributed by atoms with Crippen molar-refractivity contribution in [1.29, 1.82) is 0 Å². The maximum Gasteiger partial charge on any atom is 0.121 e. The lowest BCUT2D eigenvalue weighted by Gasteiger charge is -2.39. The van der Waals surface area contributed by atoms with Crippen molar-refractivity contribution in [2.45, 2.75) is 50.5 Å². The Hall–Kier alpha value is -3.95. The highest BCUT2D eigenvalue weighted by molar-refractivity contribution is 5.51. The molecule has 5 aromatic rings. The zero-order valence-corrected chi connectivity index (χ0v) is 23.9. The second-order valence-corrected chi connectivity index (χ2v) is 11.3. The van der Waals surface area contributed by atoms with Crippen LogP contribution >= 0.6 is 0 Å². The maximum atomic E-state index is 6.19. The first kappa shape index (κ1) is 27.2. The first-order valence-electron chi connectivity index (χ1n) is 15.2. The van der Waals surface area contributed by atoms with Gasteiger partial charge in [0, 0.05) is 18.9 Å². The number of aromatic nitrogens is 2. The van der Waals surface area contributed by atoms with Crippen molar-refractivity contribution in [3.05, 3.63) is 161 Å². The molecule has 0 saturated carbocycles. The zero-order valence-electron chi connectivity index (χ0n) is 23.9. The summed E-state index contributed by atoms with van der Waals surface area (Å²) in [7, 11) is 0. The first-order chi connectivity index (χ1) is 20.4. The highest BCUT2D eigenvalue weighted by Crippen LogP contribution is 2.43. The van der Waals surface area contributed by atoms with Gasteiger partial charge in [0.15, 0.2) is 0 Å². The molecule has 3 heteroatoms. The van der Waals surface area contributed by atoms with Crippen molar-refractivity contribution >= 4 is 0 Å². The standard InChI is InChI=1S/C38H40N2O/c1-6-16-31(17-7-1)18-8-5-15-27-41-29-32-25-26-37-36(28-32)39-30-40(37)38(33-19-9-2-10-20-33,34-21-11-3-12-22-34)35-23-13-4-14-24-35/h1-4,6-7,9-14,16-17,19-24,30,32H,5,8,15,18,25-29H2. The van der Waals surface area contributed by atoms with Crippen LogP contribution in [0.4, 0.5) is 0 Å². The average molecular weight is 541 g/mol. The third-order valence-electron chi connectivity index (χ3n) is 8.61. The Morgan fingerprint density at radius 2 is 1.24 bits per heavy atom. The second-order valence-electron chi connectivity index (χ2n) is 11.3. The molecule has 1 aliphatic rings. The summed E-state index contributed by atoms with van der Waals surface area (Å²) in [6.45, 7) is 1.68. The molecule has 0 N–H and O–H groups in total. The lowest BCUT2D eigenvalue weighted by molar-refractivity contribution is 0.0905. The summed E-state index contributed by atoms with van der Waals surface area (Å²) in [6, 6.07) is 43.5. The summed E-state index contributed by atoms with van der Waals surface area (Å²) in [4.78, 5) is 5.05. The molecule has 0 radical (unpaired) electrons. The minimum absolute atomic E-state index is 0.493. The van der Waals surface area contributed by atoms with Crippen LogP contribution in [0.1, 0.15) is 59.3 Å². The van der Waals surface area contributed by atoms with E-state index in [-0.39, 0.29) is 0 Å². The minimum atomic E-state index is -0.493. The molecule has 0 bridgehead atoms. The molecule has 3 nitrogen and oxygen atoms in total. The molecule has 1 unspecified atom stereocenters. The van der Waals surface area contributed by atoms with Gasteiger partial charge < -0.3 is 9.30 Å². The fourth-order valence-corrected chi connectivity index (χ4v) is 6.55. The fraction of sp³-hybridized carbons (Fsp3) is 0.289. The van der Waals surface area contributed by atoms with Crippen LogP contribution in [0, 0.1) is 5.92 Å². The quantitative estimate of drug-likeness (QED) is 0.118. The molecule has 0 spiro atoms. The number of rotatable bonds is 12. The first-order valence-corrected chi connectivity index (χ1v) is 15.2. The van der Waals surface area contributed by atoms with Gasteiger partial charge in [-0.1, -0.05) is 128 Å². The lowest BCUT2D eigenvalue weighted by atomic mass is 9.76. The molecule has 1 heterocycles. The van der Waals surface area contributed by atoms with Gasteiger partial charge in [-0.3, -0.25) is 0 Å². The van der Waals surface area contributed by atoms with Gasteiger partial charge in [-0.2, -0.15) is 0 Å². The van der Waals surface area contributed by atoms with Crippen LogP contribution < -0.4 is 0 Å². The van der Waals surface area contributed by atoms with Gasteiger partial charge in [0.1, 0.15) is 5.54 Å². The van der Waals surface area contributed by atoms with E-state index in [1.807, 2.05) is 0 Å². The lowest BCUT2D eigenvalue weighted by Crippen LogP contribution is -2.39. The van der Waals surface area contributed by atoms with Gasteiger partial charge in [0.25, 0.3) is 0 Å². The molecular weight excluding hydrogens is 500 g/mol. The van der Waals surface area contributed by atoms with E-state index in [1.165, 1.54) is 46.5 Å². The molecule has 208 valence electrons. The Morgan fingerprint density at radius 3 is 1.83 bits per heavy atom. The van der Waals surface area contributed by atoms with Crippen molar-refractivity contribution < 1.29 is 4.74 Å². The van der Waals surface area contributed by atoms with Crippen LogP contribution in [0.2, 0.25) is 0 Å². The number of ether oxygens (including phenoxy) is 1. The largest absolute Gasteiger partial charge is 0.381 e. The molecule has 0 amide bonds. The average Bonchev–Trinajstić information content (AvgIpc) is 3.47. The van der Waals surface area contributed by atoms with Crippen LogP contribution in [0.25, 0.3) is 0 Å². The SMILES string of the molecule is c1ccc(CCCCCOCC2CCc3c(ncn3C(c3ccccc3)(c3ccccc3)c3ccccc3)C2)cc1. The Morgan fingerprint density at radius 1 is 0.683 bits per heavy atom. The van der Waals surface area contributed by atoms with Crippen molar-refractivity contribution in [2.75, 3.05) is 13.2 Å². The van der Waals surface area contributed by atoms with E-state index in [1.54, 1.807) is 0 Å². The fourth-order valence-electron chi connectivity index (χ4n) is 6.55. The van der Waals surface area contributed by atoms with Gasteiger partial charge in [-0.15, -0.1) is 0 Å². The summed E-state index contributed by atoms with van der Waals surface area (Å²) in [6.07, 6.45) is 9.94. The van der Waals surface area contributed by atoms with E-state index < -0.39 is 5.54 Å². The number of hydrogen-bond acceptors (Lipinski definition) is 2. The van der Waals surface area contributed by atoms with Crippen LogP contribution in [-0.4, -0.2) is 22.8 Å². The summed E-state index contributed by atoms with van der Waals surface area (Å²) >= 11 is 0. The van der Waals surface area contributed by atoms with Gasteiger partial charge in [-0.25, -0.2) is 4.98 Å². The highest BCUT2D eigenvalue weighted by Gasteiger charge is 2.41. The molecule has 0 fully saturated rings. The zero-order chi connectivity index (χ0) is 27.7. The molecule has 4 aromatic carbocycles. The third-order valence-corrected chi connectivity index (χ3v) is 8.61. The number of nitrogens with zero attached hydrogens (tertiary/aromatic N) is 2. The number of imidazole rings is 1. The number of hydrogen-bond donors (Lipinski definition) is 0. The smallest absolute Gasteiger partial charge is 0.121 e. The Bertz CT molecular complexity index is 1380. The molecule has 0 aliphatic heterocycles. The summed E-state index contributed by atoms with van der Waals surface area (Å²) in [5.41, 5.74) is 7.24. The van der Waals surface area contributed by atoms with Crippen molar-refractivity contribution in [3.63, 3.8) is 0 Å². The molecule has 1 aliphatic carbocycles. The van der Waals surface area contributed by atoms with E-state index in [4.69, 9.17) is 9.72 Å². The van der Waals surface area contributed by atoms with Crippen LogP contribution in [0.15, 0.2) is 128 Å². The number of unbranched alkanes of at least 4 members (excludes halogenated alkanes) is 2. The van der Waals surface area contributed by atoms with Crippen LogP contribution in [0.5, 0.6) is 0 Å². The van der Waals surface area contributed by atoms with Crippen LogP contribution in [-0.2, 0) is 29.5 Å². The van der Waals surface area contributed by atoms with E-state index in [2.05, 4.69) is 132 Å². The van der Waals surface area contributed by atoms with Gasteiger partial charge >= 0.3 is 0 Å². The third kappa shape index (κ3) is 5.92. The van der Waals surface area contributed by atoms with E-state index in [0.717, 1.165) is 45.3 Å². The van der Waals surface area contributed by atoms with E-state index in [9.17, 15) is 0 Å². The van der Waals surface area contributed by atoms with Crippen molar-refractivity contribution in [3.8, 4) is 0 Å². The minimum Gasteiger partial charge on any atom is -0.381 e. The topological polar surface area (TPSA) is 27.1 Å². The summed E-state index contributed by atoms with van der Waals surface area (Å²) in [5, 5.41) is 0. The number of aryl methyl sites for hydroxylation is 1. The maximum absolute atomic E-state index is 6.19. The summed E-state index contributed by atoms with van der Waals surface area (Å²) < 4.78 is 8.65. The molecule has 1 atom stereocenters. The Kier molecular flexibility index (Phi) is 8.73. The molecular formula is C38H40N2O. The Labute approximate surface area is 244 Å². The number of benzene rings is 4. The molecule has 0 saturated heterocycles. The summed E-state index contributed by atoms with van der Waals surface area (Å²) in [5.74, 6) is 0.523. The highest BCUT2D eigenvalue weighted by atomic mass is 16.5. The van der Waals surface area contributed by atoms with Crippen LogP contribution in [0.3, 0.4) is 0 Å². The second kappa shape index (κ2) is 13.1. The molecule has 6 rings (SSSR count). The van der Waals surface area contributed by atoms with E-state index in [0.29, 0.717) is 5.92 Å². The van der Waals surface area contributed by atoms with Gasteiger partial charge in [-0.05, 0) is 66.7 Å². The Balaban J connectivity index is 1.18. The van der Waals surface area contributed by atoms with E-state index >= 15 is 0 Å². The monoisotopic (exact) mass is 540 g/mol. The normalized spacial score (nSPS) is 15.0. The van der Waals surface area contributed by atoms with Gasteiger partial charge in [0.2, 0.25) is 0 Å². The van der Waals surface area contributed by atoms with Crippen molar-refractivity contribution in [1.82, 2.24) is 9.55 Å². The van der Waals surface area contributed by atoms with Crippen molar-refractivity contribution in [2.24, 2.45) is 5.92 Å². The van der Waals surface area contributed by atoms with Gasteiger partial charge in [0.05, 0.1) is 12.0 Å². The predicted molar refractivity (Wildman–Crippen MR) is 167 cm³/mol. The predicted octanol–water partition coefficient (Wildman–Crippen LogP) is 8.26. The molecule has 1 aromatic heterocycles. The number of fused-ring (bicyclic) bond motifs is 1. The molecule has 41 heavy (non-hydrogen) atoms.